The van der Waals surface area contributed by atoms with Crippen molar-refractivity contribution in [1.29, 1.82) is 0 Å². The minimum atomic E-state index is -0.751. The highest BCUT2D eigenvalue weighted by atomic mass is 35.6. The Morgan fingerprint density at radius 3 is 2.12 bits per heavy atom. The second-order valence-electron chi connectivity index (χ2n) is 2.72. The summed E-state index contributed by atoms with van der Waals surface area (Å²) >= 11 is -0.751. The van der Waals surface area contributed by atoms with E-state index < -0.39 is 13.2 Å². The van der Waals surface area contributed by atoms with Gasteiger partial charge in [0.25, 0.3) is 0 Å². The molecule has 8 heavy (non-hydrogen) atoms. The molecule has 0 aromatic carbocycles. The van der Waals surface area contributed by atoms with Crippen LogP contribution in [-0.2, 0) is 0 Å². The minimum absolute atomic E-state index is 0.751. The van der Waals surface area contributed by atoms with Crippen LogP contribution in [-0.4, -0.2) is 13.2 Å². The Morgan fingerprint density at radius 1 is 1.38 bits per heavy atom. The number of halogens is 1. The van der Waals surface area contributed by atoms with Gasteiger partial charge < -0.3 is 0 Å². The van der Waals surface area contributed by atoms with Crippen LogP contribution in [0.25, 0.3) is 0 Å². The predicted octanol–water partition coefficient (Wildman–Crippen LogP) is 2.79. The van der Waals surface area contributed by atoms with Gasteiger partial charge in [0.2, 0.25) is 0 Å². The summed E-state index contributed by atoms with van der Waals surface area (Å²) in [6.45, 7) is 0. The zero-order valence-electron chi connectivity index (χ0n) is 5.36. The van der Waals surface area contributed by atoms with Gasteiger partial charge in [0, 0.05) is 0 Å². The van der Waals surface area contributed by atoms with Gasteiger partial charge in [-0.15, -0.1) is 0 Å². The molecule has 1 aliphatic rings. The normalized spacial score (nSPS) is 21.8. The van der Waals surface area contributed by atoms with Crippen molar-refractivity contribution < 1.29 is 0 Å². The molecule has 0 atom stereocenters. The summed E-state index contributed by atoms with van der Waals surface area (Å²) in [5, 5.41) is 0. The van der Waals surface area contributed by atoms with Crippen molar-refractivity contribution in [2.45, 2.75) is 36.2 Å². The lowest BCUT2D eigenvalue weighted by molar-refractivity contribution is 0.865. The monoisotopic (exact) mass is 146 g/mol. The van der Waals surface area contributed by atoms with Crippen molar-refractivity contribution in [2.75, 3.05) is 0 Å². The van der Waals surface area contributed by atoms with Crippen LogP contribution >= 0.6 is 10.0 Å². The Bertz CT molecular complexity index is 66.9. The molecule has 0 aromatic rings. The van der Waals surface area contributed by atoms with Crippen LogP contribution < -0.4 is 0 Å². The molecule has 0 saturated heterocycles. The van der Waals surface area contributed by atoms with Crippen LogP contribution in [0.3, 0.4) is 0 Å². The van der Waals surface area contributed by atoms with E-state index in [1.807, 2.05) is 0 Å². The van der Waals surface area contributed by atoms with Gasteiger partial charge in [-0.25, -0.2) is 0 Å². The third-order valence-electron chi connectivity index (χ3n) is 2.05. The van der Waals surface area contributed by atoms with Gasteiger partial charge in [-0.3, -0.25) is 10.0 Å². The second kappa shape index (κ2) is 3.11. The van der Waals surface area contributed by atoms with E-state index >= 15 is 0 Å². The molecule has 0 nitrogen and oxygen atoms in total. The van der Waals surface area contributed by atoms with Gasteiger partial charge in [0.15, 0.2) is 0 Å². The van der Waals surface area contributed by atoms with Gasteiger partial charge in [-0.1, -0.05) is 36.2 Å². The van der Waals surface area contributed by atoms with Crippen LogP contribution in [0.4, 0.5) is 0 Å². The molecule has 1 saturated carbocycles. The lowest BCUT2D eigenvalue weighted by Gasteiger charge is -2.03. The van der Waals surface area contributed by atoms with Crippen LogP contribution in [0, 0.1) is 0 Å². The molecule has 0 radical (unpaired) electrons. The highest BCUT2D eigenvalue weighted by Crippen LogP contribution is 2.33. The van der Waals surface area contributed by atoms with E-state index in [4.69, 9.17) is 10.0 Å². The van der Waals surface area contributed by atoms with Crippen LogP contribution in [0.2, 0.25) is 10.6 Å². The van der Waals surface area contributed by atoms with E-state index in [-0.39, 0.29) is 0 Å². The summed E-state index contributed by atoms with van der Waals surface area (Å²) < 4.78 is 0.969. The van der Waals surface area contributed by atoms with Gasteiger partial charge in [0.05, 0.1) is 0 Å². The SMILES string of the molecule is [CH3][Al]([Cl])[CH]1CCCC1. The Labute approximate surface area is 59.8 Å². The summed E-state index contributed by atoms with van der Waals surface area (Å²) in [5.41, 5.74) is 0. The zero-order valence-corrected chi connectivity index (χ0v) is 7.27. The standard InChI is InChI=1S/C5H9.CH3.Al.ClH/c1-2-4-5-3-1;;;/h1H,2-5H2;1H3;;1H/q;;+1;/p-1. The molecule has 0 amide bonds. The van der Waals surface area contributed by atoms with Crippen molar-refractivity contribution in [3.8, 4) is 0 Å². The van der Waals surface area contributed by atoms with E-state index in [0.29, 0.717) is 0 Å². The highest BCUT2D eigenvalue weighted by Gasteiger charge is 2.24. The fraction of sp³-hybridized carbons (Fsp3) is 1.00. The first-order valence-electron chi connectivity index (χ1n) is 3.45. The molecule has 2 heteroatoms. The van der Waals surface area contributed by atoms with Crippen LogP contribution in [0.15, 0.2) is 0 Å². The average Bonchev–Trinajstić information content (AvgIpc) is 2.12. The maximum atomic E-state index is 6.02. The minimum Gasteiger partial charge on any atom is -0.261 e. The van der Waals surface area contributed by atoms with E-state index in [9.17, 15) is 0 Å². The smallest absolute Gasteiger partial charge is 0.261 e. The third-order valence-corrected chi connectivity index (χ3v) is 5.08. The predicted molar refractivity (Wildman–Crippen MR) is 39.7 cm³/mol. The van der Waals surface area contributed by atoms with Crippen molar-refractivity contribution in [2.24, 2.45) is 0 Å². The summed E-state index contributed by atoms with van der Waals surface area (Å²) in [6.07, 6.45) is 5.73. The van der Waals surface area contributed by atoms with E-state index in [1.54, 1.807) is 0 Å². The molecule has 1 fully saturated rings. The second-order valence-corrected chi connectivity index (χ2v) is 7.09. The number of rotatable bonds is 1. The fourth-order valence-electron chi connectivity index (χ4n) is 1.42. The van der Waals surface area contributed by atoms with Gasteiger partial charge in [-0.2, -0.15) is 0 Å². The first-order valence-corrected chi connectivity index (χ1v) is 7.01. The summed E-state index contributed by atoms with van der Waals surface area (Å²) in [7, 11) is 6.02. The zero-order chi connectivity index (χ0) is 5.98. The topological polar surface area (TPSA) is 0 Å². The quantitative estimate of drug-likeness (QED) is 0.499. The molecule has 1 aliphatic carbocycles. The first kappa shape index (κ1) is 6.94. The average molecular weight is 147 g/mol. The maximum Gasteiger partial charge on any atom is 0.399 e. The molecule has 0 N–H and O–H groups in total. The van der Waals surface area contributed by atoms with Crippen LogP contribution in [0.5, 0.6) is 0 Å². The molecule has 0 spiro atoms. The van der Waals surface area contributed by atoms with Crippen molar-refractivity contribution >= 4 is 23.3 Å². The van der Waals surface area contributed by atoms with E-state index in [0.717, 1.165) is 4.78 Å². The Balaban J connectivity index is 2.24. The number of hydrogen-bond donors (Lipinski definition) is 0. The van der Waals surface area contributed by atoms with Crippen molar-refractivity contribution in [1.82, 2.24) is 0 Å². The first-order chi connectivity index (χ1) is 3.80. The number of hydrogen-bond acceptors (Lipinski definition) is 0. The molecule has 0 aromatic heterocycles. The lowest BCUT2D eigenvalue weighted by atomic mass is 10.4. The summed E-state index contributed by atoms with van der Waals surface area (Å²) in [6, 6.07) is 0. The summed E-state index contributed by atoms with van der Waals surface area (Å²) in [5.74, 6) is 2.25. The Morgan fingerprint density at radius 2 is 1.88 bits per heavy atom. The molecule has 0 aliphatic heterocycles. The lowest BCUT2D eigenvalue weighted by Crippen LogP contribution is -2.04. The summed E-state index contributed by atoms with van der Waals surface area (Å²) in [4.78, 5) is 0. The van der Waals surface area contributed by atoms with Crippen molar-refractivity contribution in [3.05, 3.63) is 0 Å². The molecular formula is C6H12AlCl. The molecule has 46 valence electrons. The third kappa shape index (κ3) is 1.65. The highest BCUT2D eigenvalue weighted by molar-refractivity contribution is 7.07. The molecule has 0 heterocycles. The van der Waals surface area contributed by atoms with E-state index in [1.165, 1.54) is 25.7 Å². The van der Waals surface area contributed by atoms with Gasteiger partial charge >= 0.3 is 13.2 Å². The van der Waals surface area contributed by atoms with Crippen LogP contribution in [0.1, 0.15) is 25.7 Å². The van der Waals surface area contributed by atoms with E-state index in [2.05, 4.69) is 5.79 Å². The molecule has 0 unspecified atom stereocenters. The Kier molecular flexibility index (Phi) is 2.70. The van der Waals surface area contributed by atoms with Crippen molar-refractivity contribution in [3.63, 3.8) is 0 Å². The molecule has 1 rings (SSSR count). The largest absolute Gasteiger partial charge is 0.399 e. The molecular weight excluding hydrogens is 135 g/mol. The fourth-order valence-corrected chi connectivity index (χ4v) is 3.56. The maximum absolute atomic E-state index is 6.02. The van der Waals surface area contributed by atoms with Gasteiger partial charge in [-0.05, 0) is 0 Å². The van der Waals surface area contributed by atoms with Gasteiger partial charge in [0.1, 0.15) is 0 Å². The molecule has 0 bridgehead atoms. The Hall–Kier alpha value is 0.822.